The molecule has 0 atom stereocenters. The van der Waals surface area contributed by atoms with Gasteiger partial charge in [0.15, 0.2) is 0 Å². The molecule has 2 aromatic heterocycles. The molecule has 0 amide bonds. The Morgan fingerprint density at radius 2 is 0.483 bits per heavy atom. The van der Waals surface area contributed by atoms with Gasteiger partial charge in [0.05, 0.1) is 22.2 Å². The number of benzene rings is 18. The van der Waals surface area contributed by atoms with E-state index in [1.165, 1.54) is 66.8 Å². The number of fused-ring (bicyclic) bond motifs is 12. The highest BCUT2D eigenvalue weighted by molar-refractivity contribution is 6.09. The second kappa shape index (κ2) is 27.5. The van der Waals surface area contributed by atoms with Gasteiger partial charge in [-0.2, -0.15) is 0 Å². The van der Waals surface area contributed by atoms with Crippen LogP contribution in [-0.2, 0) is 10.8 Å². The van der Waals surface area contributed by atoms with E-state index in [0.29, 0.717) is 0 Å². The molecule has 22 rings (SSSR count). The summed E-state index contributed by atoms with van der Waals surface area (Å²) in [5, 5.41) is 4.37. The Labute approximate surface area is 675 Å². The van der Waals surface area contributed by atoms with Crippen LogP contribution in [0.15, 0.2) is 433 Å². The lowest BCUT2D eigenvalue weighted by atomic mass is 9.67. The van der Waals surface area contributed by atoms with Crippen LogP contribution in [0.25, 0.3) is 122 Å². The maximum absolute atomic E-state index is 6.42. The summed E-state index contributed by atoms with van der Waals surface area (Å²) in [5.74, 6) is 0. The van der Waals surface area contributed by atoms with E-state index >= 15 is 0 Å². The zero-order valence-corrected chi connectivity index (χ0v) is 64.1. The van der Waals surface area contributed by atoms with E-state index in [1.807, 2.05) is 12.1 Å². The fourth-order valence-electron chi connectivity index (χ4n) is 19.5. The minimum absolute atomic E-state index is 0.516. The molecule has 0 unspecified atom stereocenters. The molecule has 4 heteroatoms. The molecule has 546 valence electrons. The van der Waals surface area contributed by atoms with Crippen molar-refractivity contribution >= 4 is 78.0 Å². The van der Waals surface area contributed by atoms with Crippen LogP contribution in [-0.4, -0.2) is 0 Å². The van der Waals surface area contributed by atoms with Gasteiger partial charge in [-0.1, -0.05) is 315 Å². The Kier molecular flexibility index (Phi) is 16.1. The van der Waals surface area contributed by atoms with Crippen molar-refractivity contribution in [1.82, 2.24) is 0 Å². The molecule has 0 bridgehead atoms. The van der Waals surface area contributed by atoms with E-state index < -0.39 is 10.8 Å². The van der Waals surface area contributed by atoms with Crippen LogP contribution < -0.4 is 9.80 Å². The summed E-state index contributed by atoms with van der Waals surface area (Å²) < 4.78 is 12.8. The molecular weight excluding hydrogens is 1410 g/mol. The van der Waals surface area contributed by atoms with Crippen LogP contribution in [0.3, 0.4) is 0 Å². The van der Waals surface area contributed by atoms with Crippen molar-refractivity contribution < 1.29 is 8.83 Å². The lowest BCUT2D eigenvalue weighted by Crippen LogP contribution is -2.28. The lowest BCUT2D eigenvalue weighted by Gasteiger charge is -2.34. The predicted octanol–water partition coefficient (Wildman–Crippen LogP) is 30.1. The molecule has 0 spiro atoms. The van der Waals surface area contributed by atoms with Crippen LogP contribution in [0.2, 0.25) is 0 Å². The van der Waals surface area contributed by atoms with Gasteiger partial charge < -0.3 is 18.6 Å². The molecule has 2 aliphatic rings. The number of furan rings is 2. The second-order valence-electron chi connectivity index (χ2n) is 31.0. The third-order valence-corrected chi connectivity index (χ3v) is 24.7. The summed E-state index contributed by atoms with van der Waals surface area (Å²) in [7, 11) is 0. The average molecular weight is 1480 g/mol. The van der Waals surface area contributed by atoms with E-state index in [-0.39, 0.29) is 0 Å². The summed E-state index contributed by atoms with van der Waals surface area (Å²) in [4.78, 5) is 4.91. The molecule has 2 aliphatic carbocycles. The molecule has 0 N–H and O–H groups in total. The third kappa shape index (κ3) is 10.8. The number of rotatable bonds is 15. The quantitative estimate of drug-likeness (QED) is 0.102. The first-order valence-corrected chi connectivity index (χ1v) is 40.1. The number of para-hydroxylation sites is 4. The standard InChI is InChI=1S/C112H76N2O2/c1-73-67-77(53-63-103(73)113(105-43-23-17-35-89(105)81-55-65-109-97(69-81)95-39-19-25-45-107(95)115-109)87-57-47-75(48-58-87)79-51-61-93-91-37-15-21-41-99(91)111(101(93)71-79,83-27-7-3-8-28-83)84-29-9-4-10-30-84)78-54-64-104(74(2)68-78)114(106-44-24-18-36-90(106)82-56-66-110-98(70-82)96-40-20-26-46-108(96)116-110)88-59-49-76(50-60-88)80-52-62-94-92-38-16-22-42-100(92)112(102(94)72-80,85-31-11-5-12-32-85)86-33-13-6-14-34-86/h3-72H,1-2H3. The molecule has 4 nitrogen and oxygen atoms in total. The van der Waals surface area contributed by atoms with Gasteiger partial charge in [-0.15, -0.1) is 0 Å². The fourth-order valence-corrected chi connectivity index (χ4v) is 19.5. The highest BCUT2D eigenvalue weighted by atomic mass is 16.3. The molecule has 0 fully saturated rings. The Hall–Kier alpha value is -14.8. The van der Waals surface area contributed by atoms with Crippen molar-refractivity contribution in [3.63, 3.8) is 0 Å². The zero-order valence-electron chi connectivity index (χ0n) is 64.1. The molecular formula is C112H76N2O2. The topological polar surface area (TPSA) is 32.8 Å². The average Bonchev–Trinajstić information content (AvgIpc) is 1.54. The summed E-state index contributed by atoms with van der Waals surface area (Å²) in [6, 6.07) is 157. The van der Waals surface area contributed by atoms with E-state index in [2.05, 4.69) is 436 Å². The molecule has 0 saturated carbocycles. The molecule has 0 radical (unpaired) electrons. The number of hydrogen-bond acceptors (Lipinski definition) is 4. The van der Waals surface area contributed by atoms with Crippen LogP contribution in [0.4, 0.5) is 34.1 Å². The Balaban J connectivity index is 0.653. The lowest BCUT2D eigenvalue weighted by molar-refractivity contribution is 0.668. The monoisotopic (exact) mass is 1480 g/mol. The Bertz CT molecular complexity index is 6710. The van der Waals surface area contributed by atoms with Crippen molar-refractivity contribution in [2.45, 2.75) is 24.7 Å². The first-order valence-electron chi connectivity index (χ1n) is 40.1. The molecule has 2 heterocycles. The van der Waals surface area contributed by atoms with Crippen LogP contribution in [0.1, 0.15) is 55.6 Å². The molecule has 0 aliphatic heterocycles. The first kappa shape index (κ1) is 68.0. The summed E-state index contributed by atoms with van der Waals surface area (Å²) in [5.41, 5.74) is 37.6. The summed E-state index contributed by atoms with van der Waals surface area (Å²) >= 11 is 0. The summed E-state index contributed by atoms with van der Waals surface area (Å²) in [6.07, 6.45) is 0. The maximum atomic E-state index is 6.42. The van der Waals surface area contributed by atoms with E-state index in [0.717, 1.165) is 145 Å². The Morgan fingerprint density at radius 1 is 0.190 bits per heavy atom. The Morgan fingerprint density at radius 3 is 0.871 bits per heavy atom. The normalized spacial score (nSPS) is 12.9. The van der Waals surface area contributed by atoms with Gasteiger partial charge in [-0.05, 0) is 245 Å². The molecule has 0 saturated heterocycles. The minimum atomic E-state index is -0.516. The largest absolute Gasteiger partial charge is 0.456 e. The highest BCUT2D eigenvalue weighted by Gasteiger charge is 2.48. The SMILES string of the molecule is Cc1cc(-c2ccc(N(c3ccc(-c4ccc5c(c4)C(c4ccccc4)(c4ccccc4)c4ccccc4-5)cc3)c3ccccc3-c3ccc4oc5ccccc5c4c3)c(C)c2)ccc1N(c1ccc(-c2ccc3c(c2)C(c2ccccc2)(c2ccccc2)c2ccccc2-3)cc1)c1ccccc1-c1ccc2oc3ccccc3c2c1. The second-order valence-corrected chi connectivity index (χ2v) is 31.0. The highest BCUT2D eigenvalue weighted by Crippen LogP contribution is 2.59. The number of nitrogens with zero attached hydrogens (tertiary/aromatic N) is 2. The summed E-state index contributed by atoms with van der Waals surface area (Å²) in [6.45, 7) is 4.53. The third-order valence-electron chi connectivity index (χ3n) is 24.7. The van der Waals surface area contributed by atoms with Gasteiger partial charge in [0, 0.05) is 55.4 Å². The maximum Gasteiger partial charge on any atom is 0.135 e. The van der Waals surface area contributed by atoms with Gasteiger partial charge in [-0.3, -0.25) is 0 Å². The predicted molar refractivity (Wildman–Crippen MR) is 482 cm³/mol. The van der Waals surface area contributed by atoms with Crippen molar-refractivity contribution in [2.75, 3.05) is 9.80 Å². The van der Waals surface area contributed by atoms with Crippen molar-refractivity contribution in [2.24, 2.45) is 0 Å². The van der Waals surface area contributed by atoms with Gasteiger partial charge in [0.1, 0.15) is 22.3 Å². The van der Waals surface area contributed by atoms with Gasteiger partial charge in [0.25, 0.3) is 0 Å². The number of hydrogen-bond donors (Lipinski definition) is 0. The van der Waals surface area contributed by atoms with E-state index in [9.17, 15) is 0 Å². The van der Waals surface area contributed by atoms with Crippen LogP contribution in [0, 0.1) is 13.8 Å². The van der Waals surface area contributed by atoms with Gasteiger partial charge in [0.2, 0.25) is 0 Å². The fraction of sp³-hybridized carbons (Fsp3) is 0.0357. The van der Waals surface area contributed by atoms with Crippen molar-refractivity contribution in [3.05, 3.63) is 480 Å². The van der Waals surface area contributed by atoms with Crippen molar-refractivity contribution in [1.29, 1.82) is 0 Å². The number of anilines is 6. The van der Waals surface area contributed by atoms with Crippen LogP contribution >= 0.6 is 0 Å². The first-order chi connectivity index (χ1) is 57.3. The van der Waals surface area contributed by atoms with E-state index in [4.69, 9.17) is 8.83 Å². The van der Waals surface area contributed by atoms with Crippen molar-refractivity contribution in [3.8, 4) is 77.9 Å². The van der Waals surface area contributed by atoms with Gasteiger partial charge >= 0.3 is 0 Å². The smallest absolute Gasteiger partial charge is 0.135 e. The number of aryl methyl sites for hydroxylation is 2. The van der Waals surface area contributed by atoms with E-state index in [1.54, 1.807) is 0 Å². The van der Waals surface area contributed by atoms with Crippen LogP contribution in [0.5, 0.6) is 0 Å². The molecule has 20 aromatic rings. The zero-order chi connectivity index (χ0) is 77.0. The molecule has 116 heavy (non-hydrogen) atoms. The molecule has 18 aromatic carbocycles. The van der Waals surface area contributed by atoms with Gasteiger partial charge in [-0.25, -0.2) is 0 Å². The minimum Gasteiger partial charge on any atom is -0.456 e.